The Bertz CT molecular complexity index is 576. The topological polar surface area (TPSA) is 81.4 Å². The summed E-state index contributed by atoms with van der Waals surface area (Å²) < 4.78 is 4.66. The Labute approximate surface area is 128 Å². The van der Waals surface area contributed by atoms with E-state index in [1.807, 2.05) is 6.92 Å². The van der Waals surface area contributed by atoms with E-state index in [2.05, 4.69) is 10.1 Å². The van der Waals surface area contributed by atoms with E-state index in [0.717, 1.165) is 19.3 Å². The van der Waals surface area contributed by atoms with Gasteiger partial charge in [0, 0.05) is 11.7 Å². The molecule has 1 aromatic carbocycles. The van der Waals surface area contributed by atoms with Crippen molar-refractivity contribution in [1.82, 2.24) is 0 Å². The number of ether oxygens (including phenoxy) is 1. The van der Waals surface area contributed by atoms with Gasteiger partial charge in [-0.3, -0.25) is 4.79 Å². The van der Waals surface area contributed by atoms with E-state index < -0.39 is 11.4 Å². The molecule has 0 spiro atoms. The molecule has 114 valence electrons. The van der Waals surface area contributed by atoms with E-state index in [1.165, 1.54) is 13.2 Å². The summed E-state index contributed by atoms with van der Waals surface area (Å²) >= 11 is 5.95. The maximum Gasteiger partial charge on any atom is 0.339 e. The molecule has 1 aliphatic carbocycles. The number of carbonyl (C=O) groups excluding carboxylic acids is 2. The van der Waals surface area contributed by atoms with Crippen molar-refractivity contribution in [1.29, 1.82) is 0 Å². The van der Waals surface area contributed by atoms with Gasteiger partial charge >= 0.3 is 5.97 Å². The van der Waals surface area contributed by atoms with Gasteiger partial charge in [0.1, 0.15) is 0 Å². The average Bonchev–Trinajstić information content (AvgIpc) is 2.81. The van der Waals surface area contributed by atoms with E-state index in [4.69, 9.17) is 17.3 Å². The predicted molar refractivity (Wildman–Crippen MR) is 81.4 cm³/mol. The summed E-state index contributed by atoms with van der Waals surface area (Å²) in [5, 5.41) is 3.10. The molecule has 0 saturated heterocycles. The molecule has 0 aromatic heterocycles. The first-order chi connectivity index (χ1) is 9.88. The fraction of sp³-hybridized carbons (Fsp3) is 0.467. The maximum atomic E-state index is 12.4. The highest BCUT2D eigenvalue weighted by atomic mass is 35.5. The van der Waals surface area contributed by atoms with Crippen LogP contribution in [-0.2, 0) is 9.53 Å². The van der Waals surface area contributed by atoms with Gasteiger partial charge in [0.15, 0.2) is 0 Å². The van der Waals surface area contributed by atoms with Crippen LogP contribution in [0.4, 0.5) is 5.69 Å². The van der Waals surface area contributed by atoms with E-state index in [0.29, 0.717) is 5.69 Å². The number of carbonyl (C=O) groups is 2. The number of hydrogen-bond donors (Lipinski definition) is 2. The second-order valence-electron chi connectivity index (χ2n) is 5.56. The fourth-order valence-corrected chi connectivity index (χ4v) is 2.81. The highest BCUT2D eigenvalue weighted by Crippen LogP contribution is 2.37. The SMILES string of the molecule is COC(=O)c1cc(NC(=O)C2(C)CCCC2N)ccc1Cl. The van der Waals surface area contributed by atoms with Crippen LogP contribution in [0.2, 0.25) is 5.02 Å². The molecule has 3 N–H and O–H groups in total. The van der Waals surface area contributed by atoms with Crippen LogP contribution in [-0.4, -0.2) is 25.0 Å². The molecule has 5 nitrogen and oxygen atoms in total. The van der Waals surface area contributed by atoms with Crippen molar-refractivity contribution in [2.75, 3.05) is 12.4 Å². The molecule has 2 atom stereocenters. The second-order valence-corrected chi connectivity index (χ2v) is 5.96. The number of amides is 1. The van der Waals surface area contributed by atoms with Crippen molar-refractivity contribution >= 4 is 29.2 Å². The number of methoxy groups -OCH3 is 1. The Kier molecular flexibility index (Phi) is 4.54. The van der Waals surface area contributed by atoms with Crippen LogP contribution < -0.4 is 11.1 Å². The van der Waals surface area contributed by atoms with Crippen molar-refractivity contribution in [3.63, 3.8) is 0 Å². The summed E-state index contributed by atoms with van der Waals surface area (Å²) in [5.74, 6) is -0.675. The molecular formula is C15H19ClN2O3. The fourth-order valence-electron chi connectivity index (χ4n) is 2.62. The van der Waals surface area contributed by atoms with Crippen molar-refractivity contribution < 1.29 is 14.3 Å². The van der Waals surface area contributed by atoms with Gasteiger partial charge in [-0.15, -0.1) is 0 Å². The largest absolute Gasteiger partial charge is 0.465 e. The van der Waals surface area contributed by atoms with Gasteiger partial charge in [0.2, 0.25) is 5.91 Å². The highest BCUT2D eigenvalue weighted by molar-refractivity contribution is 6.33. The Morgan fingerprint density at radius 3 is 2.76 bits per heavy atom. The number of nitrogens with one attached hydrogen (secondary N) is 1. The molecule has 1 aromatic rings. The number of benzene rings is 1. The van der Waals surface area contributed by atoms with Crippen LogP contribution in [0, 0.1) is 5.41 Å². The smallest absolute Gasteiger partial charge is 0.339 e. The minimum absolute atomic E-state index is 0.134. The standard InChI is InChI=1S/C15H19ClN2O3/c1-15(7-3-4-12(15)17)14(20)18-9-5-6-11(16)10(8-9)13(19)21-2/h5-6,8,12H,3-4,7,17H2,1-2H3,(H,18,20). The van der Waals surface area contributed by atoms with E-state index in [1.54, 1.807) is 12.1 Å². The van der Waals surface area contributed by atoms with Crippen LogP contribution in [0.15, 0.2) is 18.2 Å². The molecule has 1 amide bonds. The molecule has 21 heavy (non-hydrogen) atoms. The lowest BCUT2D eigenvalue weighted by Gasteiger charge is -2.27. The number of hydrogen-bond acceptors (Lipinski definition) is 4. The van der Waals surface area contributed by atoms with Crippen molar-refractivity contribution in [3.05, 3.63) is 28.8 Å². The molecule has 0 radical (unpaired) electrons. The van der Waals surface area contributed by atoms with E-state index in [-0.39, 0.29) is 22.5 Å². The molecular weight excluding hydrogens is 292 g/mol. The first kappa shape index (κ1) is 15.8. The molecule has 1 saturated carbocycles. The third-order valence-corrected chi connectivity index (χ3v) is 4.51. The molecule has 0 aliphatic heterocycles. The zero-order valence-electron chi connectivity index (χ0n) is 12.1. The minimum atomic E-state index is -0.578. The number of anilines is 1. The van der Waals surface area contributed by atoms with Gasteiger partial charge < -0.3 is 15.8 Å². The lowest BCUT2D eigenvalue weighted by atomic mass is 9.84. The quantitative estimate of drug-likeness (QED) is 0.841. The normalized spacial score (nSPS) is 24.7. The molecule has 1 fully saturated rings. The van der Waals surface area contributed by atoms with Gasteiger partial charge in [0.25, 0.3) is 0 Å². The monoisotopic (exact) mass is 310 g/mol. The maximum absolute atomic E-state index is 12.4. The van der Waals surface area contributed by atoms with Crippen LogP contribution in [0.5, 0.6) is 0 Å². The van der Waals surface area contributed by atoms with Crippen LogP contribution in [0.1, 0.15) is 36.5 Å². The highest BCUT2D eigenvalue weighted by Gasteiger charge is 2.42. The van der Waals surface area contributed by atoms with Gasteiger partial charge in [-0.2, -0.15) is 0 Å². The summed E-state index contributed by atoms with van der Waals surface area (Å²) in [6.07, 6.45) is 2.55. The predicted octanol–water partition coefficient (Wildman–Crippen LogP) is 2.58. The van der Waals surface area contributed by atoms with Crippen LogP contribution in [0.25, 0.3) is 0 Å². The van der Waals surface area contributed by atoms with Gasteiger partial charge in [-0.1, -0.05) is 18.0 Å². The Morgan fingerprint density at radius 2 is 2.19 bits per heavy atom. The number of rotatable bonds is 3. The first-order valence-electron chi connectivity index (χ1n) is 6.83. The zero-order chi connectivity index (χ0) is 15.6. The van der Waals surface area contributed by atoms with Gasteiger partial charge in [-0.25, -0.2) is 4.79 Å². The van der Waals surface area contributed by atoms with Crippen molar-refractivity contribution in [3.8, 4) is 0 Å². The second kappa shape index (κ2) is 6.03. The van der Waals surface area contributed by atoms with Gasteiger partial charge in [0.05, 0.1) is 23.1 Å². The summed E-state index contributed by atoms with van der Waals surface area (Å²) in [7, 11) is 1.28. The Balaban J connectivity index is 2.20. The molecule has 1 aliphatic rings. The lowest BCUT2D eigenvalue weighted by Crippen LogP contribution is -2.44. The zero-order valence-corrected chi connectivity index (χ0v) is 12.9. The van der Waals surface area contributed by atoms with E-state index >= 15 is 0 Å². The first-order valence-corrected chi connectivity index (χ1v) is 7.21. The minimum Gasteiger partial charge on any atom is -0.465 e. The molecule has 0 heterocycles. The third-order valence-electron chi connectivity index (χ3n) is 4.18. The Hall–Kier alpha value is -1.59. The Morgan fingerprint density at radius 1 is 1.48 bits per heavy atom. The summed E-state index contributed by atoms with van der Waals surface area (Å²) in [6.45, 7) is 1.87. The van der Waals surface area contributed by atoms with Crippen molar-refractivity contribution in [2.45, 2.75) is 32.2 Å². The summed E-state index contributed by atoms with van der Waals surface area (Å²) in [5.41, 5.74) is 6.18. The number of nitrogens with two attached hydrogens (primary N) is 1. The molecule has 0 bridgehead atoms. The third kappa shape index (κ3) is 3.04. The van der Waals surface area contributed by atoms with Crippen LogP contribution in [0.3, 0.4) is 0 Å². The molecule has 2 rings (SSSR count). The molecule has 6 heteroatoms. The van der Waals surface area contributed by atoms with Gasteiger partial charge in [-0.05, 0) is 38.0 Å². The summed E-state index contributed by atoms with van der Waals surface area (Å²) in [4.78, 5) is 24.0. The lowest BCUT2D eigenvalue weighted by molar-refractivity contribution is -0.125. The van der Waals surface area contributed by atoms with Crippen LogP contribution >= 0.6 is 11.6 Å². The number of esters is 1. The number of halogens is 1. The summed E-state index contributed by atoms with van der Waals surface area (Å²) in [6, 6.07) is 4.57. The van der Waals surface area contributed by atoms with E-state index in [9.17, 15) is 9.59 Å². The molecule has 2 unspecified atom stereocenters. The van der Waals surface area contributed by atoms with Crippen molar-refractivity contribution in [2.24, 2.45) is 11.1 Å². The average molecular weight is 311 g/mol.